The molecule has 170 valence electrons. The summed E-state index contributed by atoms with van der Waals surface area (Å²) in [6.07, 6.45) is 0.495. The van der Waals surface area contributed by atoms with Crippen LogP contribution in [0.1, 0.15) is 25.8 Å². The zero-order valence-corrected chi connectivity index (χ0v) is 19.7. The summed E-state index contributed by atoms with van der Waals surface area (Å²) in [6, 6.07) is 12.8. The van der Waals surface area contributed by atoms with Crippen LogP contribution >= 0.6 is 0 Å². The van der Waals surface area contributed by atoms with Crippen molar-refractivity contribution in [3.05, 3.63) is 54.1 Å². The lowest BCUT2D eigenvalue weighted by molar-refractivity contribution is -0.132. The third-order valence-electron chi connectivity index (χ3n) is 4.60. The number of carbonyl (C=O) groups is 1. The van der Waals surface area contributed by atoms with Gasteiger partial charge in [0, 0.05) is 26.1 Å². The fraction of sp³-hybridized carbons (Fsp3) is 0.435. The number of rotatable bonds is 11. The highest BCUT2D eigenvalue weighted by Gasteiger charge is 2.18. The van der Waals surface area contributed by atoms with Crippen molar-refractivity contribution in [2.45, 2.75) is 31.7 Å². The summed E-state index contributed by atoms with van der Waals surface area (Å²) >= 11 is 0. The second kappa shape index (κ2) is 11.2. The Kier molecular flexibility index (Phi) is 8.88. The van der Waals surface area contributed by atoms with Gasteiger partial charge in [-0.25, -0.2) is 0 Å². The van der Waals surface area contributed by atoms with Gasteiger partial charge < -0.3 is 18.7 Å². The average Bonchev–Trinajstić information content (AvgIpc) is 2.71. The van der Waals surface area contributed by atoms with Crippen LogP contribution in [0.15, 0.2) is 53.4 Å². The molecule has 0 saturated heterocycles. The monoisotopic (exact) mass is 448 g/mol. The van der Waals surface area contributed by atoms with E-state index in [2.05, 4.69) is 0 Å². The van der Waals surface area contributed by atoms with Crippen LogP contribution in [0.3, 0.4) is 0 Å². The topological polar surface area (TPSA) is 76.2 Å². The van der Waals surface area contributed by atoms with E-state index < -0.39 is 10.1 Å². The van der Waals surface area contributed by atoms with E-state index in [1.807, 2.05) is 37.7 Å². The molecule has 0 unspecified atom stereocenters. The minimum absolute atomic E-state index is 0.0477. The number of likely N-dealkylation sites (N-methyl/N-ethyl adjacent to an activating group) is 1. The molecule has 0 heterocycles. The molecule has 0 atom stereocenters. The molecule has 2 aromatic carbocycles. The lowest BCUT2D eigenvalue weighted by Crippen LogP contribution is -2.36. The maximum atomic E-state index is 12.6. The minimum Gasteiger partial charge on any atom is -0.497 e. The Balaban J connectivity index is 2.08. The number of carbonyl (C=O) groups excluding carboxylic acids is 1. The Labute approximate surface area is 185 Å². The summed E-state index contributed by atoms with van der Waals surface area (Å²) in [6.45, 7) is 5.91. The molecule has 0 aliphatic carbocycles. The summed E-state index contributed by atoms with van der Waals surface area (Å²) in [7, 11) is 1.51. The van der Waals surface area contributed by atoms with Gasteiger partial charge >= 0.3 is 10.1 Å². The predicted octanol–water partition coefficient (Wildman–Crippen LogP) is 3.40. The van der Waals surface area contributed by atoms with E-state index in [0.29, 0.717) is 25.3 Å². The Morgan fingerprint density at radius 2 is 1.52 bits per heavy atom. The summed E-state index contributed by atoms with van der Waals surface area (Å²) in [5.41, 5.74) is 0.907. The Morgan fingerprint density at radius 3 is 2.03 bits per heavy atom. The second-order valence-corrected chi connectivity index (χ2v) is 9.62. The molecular formula is C23H32N2O5S. The van der Waals surface area contributed by atoms with Gasteiger partial charge in [-0.05, 0) is 62.0 Å². The Morgan fingerprint density at radius 1 is 0.935 bits per heavy atom. The molecule has 2 rings (SSSR count). The average molecular weight is 449 g/mol. The first-order valence-corrected chi connectivity index (χ1v) is 11.6. The number of hydrogen-bond acceptors (Lipinski definition) is 6. The molecular weight excluding hydrogens is 416 g/mol. The molecule has 2 aromatic rings. The van der Waals surface area contributed by atoms with Crippen molar-refractivity contribution in [1.82, 2.24) is 9.80 Å². The van der Waals surface area contributed by atoms with Crippen LogP contribution in [-0.2, 0) is 21.5 Å². The molecule has 0 radical (unpaired) electrons. The molecule has 0 aromatic heterocycles. The maximum absolute atomic E-state index is 12.6. The van der Waals surface area contributed by atoms with Crippen molar-refractivity contribution >= 4 is 16.0 Å². The van der Waals surface area contributed by atoms with Gasteiger partial charge in [0.2, 0.25) is 5.91 Å². The Hall–Kier alpha value is -2.58. The summed E-state index contributed by atoms with van der Waals surface area (Å²) in [5.74, 6) is 1.18. The quantitative estimate of drug-likeness (QED) is 0.491. The van der Waals surface area contributed by atoms with Crippen molar-refractivity contribution in [3.63, 3.8) is 0 Å². The first-order chi connectivity index (χ1) is 14.6. The summed E-state index contributed by atoms with van der Waals surface area (Å²) < 4.78 is 35.3. The molecule has 1 amide bonds. The number of benzene rings is 2. The van der Waals surface area contributed by atoms with Crippen molar-refractivity contribution in [3.8, 4) is 11.5 Å². The van der Waals surface area contributed by atoms with Gasteiger partial charge in [0.25, 0.3) is 0 Å². The van der Waals surface area contributed by atoms with Gasteiger partial charge in [0.1, 0.15) is 16.4 Å². The van der Waals surface area contributed by atoms with Crippen LogP contribution in [0.5, 0.6) is 11.5 Å². The van der Waals surface area contributed by atoms with E-state index in [1.165, 1.54) is 19.2 Å². The van der Waals surface area contributed by atoms with Crippen molar-refractivity contribution in [2.24, 2.45) is 5.92 Å². The minimum atomic E-state index is -3.94. The van der Waals surface area contributed by atoms with E-state index in [4.69, 9.17) is 8.92 Å². The Bertz CT molecular complexity index is 939. The van der Waals surface area contributed by atoms with E-state index >= 15 is 0 Å². The fourth-order valence-corrected chi connectivity index (χ4v) is 3.81. The van der Waals surface area contributed by atoms with Crippen LogP contribution in [-0.4, -0.2) is 58.4 Å². The van der Waals surface area contributed by atoms with Gasteiger partial charge in [-0.15, -0.1) is 0 Å². The van der Waals surface area contributed by atoms with Crippen molar-refractivity contribution in [1.29, 1.82) is 0 Å². The van der Waals surface area contributed by atoms with E-state index in [0.717, 1.165) is 12.1 Å². The van der Waals surface area contributed by atoms with Crippen LogP contribution in [0, 0.1) is 5.92 Å². The van der Waals surface area contributed by atoms with Crippen LogP contribution in [0.4, 0.5) is 0 Å². The van der Waals surface area contributed by atoms with Crippen molar-refractivity contribution < 1.29 is 22.1 Å². The zero-order valence-electron chi connectivity index (χ0n) is 18.9. The van der Waals surface area contributed by atoms with Gasteiger partial charge in [-0.1, -0.05) is 26.0 Å². The van der Waals surface area contributed by atoms with Crippen molar-refractivity contribution in [2.75, 3.05) is 34.3 Å². The first-order valence-electron chi connectivity index (χ1n) is 10.2. The molecule has 0 saturated carbocycles. The molecule has 0 bridgehead atoms. The number of hydrogen-bond donors (Lipinski definition) is 0. The molecule has 7 nitrogen and oxygen atoms in total. The fourth-order valence-electron chi connectivity index (χ4n) is 2.88. The third-order valence-corrected chi connectivity index (χ3v) is 5.86. The molecule has 0 aliphatic rings. The highest BCUT2D eigenvalue weighted by molar-refractivity contribution is 7.87. The van der Waals surface area contributed by atoms with E-state index in [-0.39, 0.29) is 22.5 Å². The summed E-state index contributed by atoms with van der Waals surface area (Å²) in [5, 5.41) is 0. The largest absolute Gasteiger partial charge is 0.497 e. The SMILES string of the molecule is COc1ccc(S(=O)(=O)Oc2ccc(CN(CCN(C)C)C(=O)CC(C)C)cc2)cc1. The molecule has 31 heavy (non-hydrogen) atoms. The third kappa shape index (κ3) is 7.88. The van der Waals surface area contributed by atoms with Crippen LogP contribution in [0.2, 0.25) is 0 Å². The number of amides is 1. The van der Waals surface area contributed by atoms with E-state index in [9.17, 15) is 13.2 Å². The van der Waals surface area contributed by atoms with Gasteiger partial charge in [0.05, 0.1) is 7.11 Å². The van der Waals surface area contributed by atoms with Gasteiger partial charge in [-0.2, -0.15) is 8.42 Å². The van der Waals surface area contributed by atoms with Crippen LogP contribution < -0.4 is 8.92 Å². The summed E-state index contributed by atoms with van der Waals surface area (Å²) in [4.78, 5) is 16.5. The zero-order chi connectivity index (χ0) is 23.0. The molecule has 0 aliphatic heterocycles. The number of nitrogens with zero attached hydrogens (tertiary/aromatic N) is 2. The first kappa shape index (κ1) is 24.7. The molecule has 8 heteroatoms. The lowest BCUT2D eigenvalue weighted by atomic mass is 10.1. The molecule has 0 spiro atoms. The van der Waals surface area contributed by atoms with E-state index in [1.54, 1.807) is 36.4 Å². The predicted molar refractivity (Wildman–Crippen MR) is 121 cm³/mol. The van der Waals surface area contributed by atoms with Gasteiger partial charge in [0.15, 0.2) is 0 Å². The lowest BCUT2D eigenvalue weighted by Gasteiger charge is -2.25. The molecule has 0 N–H and O–H groups in total. The van der Waals surface area contributed by atoms with Gasteiger partial charge in [-0.3, -0.25) is 4.79 Å². The maximum Gasteiger partial charge on any atom is 0.339 e. The molecule has 0 fully saturated rings. The highest BCUT2D eigenvalue weighted by atomic mass is 32.2. The number of methoxy groups -OCH3 is 1. The van der Waals surface area contributed by atoms with Crippen LogP contribution in [0.25, 0.3) is 0 Å². The normalized spacial score (nSPS) is 11.6. The smallest absolute Gasteiger partial charge is 0.339 e. The second-order valence-electron chi connectivity index (χ2n) is 8.07. The highest BCUT2D eigenvalue weighted by Crippen LogP contribution is 2.22. The standard InChI is InChI=1S/C23H32N2O5S/c1-18(2)16-23(26)25(15-14-24(3)4)17-19-6-8-21(9-7-19)30-31(27,28)22-12-10-20(29-5)11-13-22/h6-13,18H,14-17H2,1-5H3. The number of ether oxygens (including phenoxy) is 1.